The van der Waals surface area contributed by atoms with Crippen molar-refractivity contribution in [1.82, 2.24) is 0 Å². The summed E-state index contributed by atoms with van der Waals surface area (Å²) in [5.41, 5.74) is 7.87. The number of aryl methyl sites for hydroxylation is 1. The maximum atomic E-state index is 11.1. The Morgan fingerprint density at radius 2 is 2.00 bits per heavy atom. The number of thioether (sulfide) groups is 1. The number of hydrogen-bond donors (Lipinski definition) is 2. The van der Waals surface area contributed by atoms with Gasteiger partial charge in [-0.05, 0) is 37.0 Å². The maximum Gasteiger partial charge on any atom is 0.335 e. The van der Waals surface area contributed by atoms with Crippen molar-refractivity contribution >= 4 is 34.3 Å². The summed E-state index contributed by atoms with van der Waals surface area (Å²) in [5, 5.41) is 9.07. The molecule has 1 aromatic rings. The van der Waals surface area contributed by atoms with E-state index >= 15 is 0 Å². The third-order valence-corrected chi connectivity index (χ3v) is 5.08. The number of carboxylic acid groups (broad SMARTS) is 1. The van der Waals surface area contributed by atoms with E-state index in [0.717, 1.165) is 24.0 Å². The summed E-state index contributed by atoms with van der Waals surface area (Å²) in [5.74, 6) is -0.898. The van der Waals surface area contributed by atoms with Crippen molar-refractivity contribution in [3.63, 3.8) is 0 Å². The Hall–Kier alpha value is -1.07. The van der Waals surface area contributed by atoms with Gasteiger partial charge in [0.15, 0.2) is 0 Å². The number of benzene rings is 1. The molecule has 1 aromatic carbocycles. The minimum Gasteiger partial charge on any atom is -0.478 e. The van der Waals surface area contributed by atoms with Crippen LogP contribution in [0.25, 0.3) is 0 Å². The van der Waals surface area contributed by atoms with Crippen LogP contribution in [0.2, 0.25) is 0 Å². The first kappa shape index (κ1) is 16.0. The van der Waals surface area contributed by atoms with Crippen LogP contribution in [0.15, 0.2) is 18.2 Å². The molecule has 3 nitrogen and oxygen atoms in total. The van der Waals surface area contributed by atoms with Gasteiger partial charge < -0.3 is 10.8 Å². The Morgan fingerprint density at radius 3 is 2.37 bits per heavy atom. The minimum absolute atomic E-state index is 0.173. The number of carboxylic acids is 1. The molecule has 104 valence electrons. The average molecular weight is 297 g/mol. The van der Waals surface area contributed by atoms with Gasteiger partial charge in [-0.25, -0.2) is 4.79 Å². The van der Waals surface area contributed by atoms with Gasteiger partial charge in [-0.3, -0.25) is 0 Å². The van der Waals surface area contributed by atoms with Crippen molar-refractivity contribution in [2.45, 2.75) is 38.4 Å². The summed E-state index contributed by atoms with van der Waals surface area (Å²) in [6.07, 6.45) is 1.77. The predicted octanol–water partition coefficient (Wildman–Crippen LogP) is 3.69. The smallest absolute Gasteiger partial charge is 0.335 e. The van der Waals surface area contributed by atoms with Crippen LogP contribution in [0.3, 0.4) is 0 Å². The first-order valence-electron chi connectivity index (χ1n) is 6.19. The number of nitrogens with two attached hydrogens (primary N) is 1. The minimum atomic E-state index is -0.898. The Kier molecular flexibility index (Phi) is 5.38. The molecule has 0 radical (unpaired) electrons. The summed E-state index contributed by atoms with van der Waals surface area (Å²) in [4.78, 5) is 11.1. The van der Waals surface area contributed by atoms with Crippen LogP contribution in [-0.2, 0) is 4.75 Å². The molecule has 3 N–H and O–H groups in total. The van der Waals surface area contributed by atoms with Crippen LogP contribution in [0.4, 0.5) is 0 Å². The molecule has 1 rings (SSSR count). The normalized spacial score (nSPS) is 11.3. The molecule has 0 atom stereocenters. The molecule has 0 aliphatic carbocycles. The fourth-order valence-corrected chi connectivity index (χ4v) is 3.64. The molecule has 0 aromatic heterocycles. The highest BCUT2D eigenvalue weighted by Crippen LogP contribution is 2.43. The average Bonchev–Trinajstić information content (AvgIpc) is 2.35. The Labute approximate surface area is 123 Å². The molecule has 19 heavy (non-hydrogen) atoms. The zero-order chi connectivity index (χ0) is 14.6. The highest BCUT2D eigenvalue weighted by atomic mass is 32.2. The summed E-state index contributed by atoms with van der Waals surface area (Å²) >= 11 is 6.51. The molecule has 0 heterocycles. The number of thiocarbonyl (C=S) groups is 1. The molecule has 0 fully saturated rings. The van der Waals surface area contributed by atoms with E-state index < -0.39 is 5.97 Å². The van der Waals surface area contributed by atoms with Gasteiger partial charge in [-0.2, -0.15) is 0 Å². The van der Waals surface area contributed by atoms with Gasteiger partial charge in [0.2, 0.25) is 0 Å². The van der Waals surface area contributed by atoms with Crippen molar-refractivity contribution in [1.29, 1.82) is 0 Å². The van der Waals surface area contributed by atoms with E-state index in [2.05, 4.69) is 13.8 Å². The second-order valence-corrected chi connectivity index (χ2v) is 6.58. The van der Waals surface area contributed by atoms with Crippen LogP contribution in [0.1, 0.15) is 48.2 Å². The molecule has 0 spiro atoms. The molecule has 0 aliphatic rings. The SMILES string of the molecule is CCC(CC)(SC(N)=S)c1ccc(C(=O)O)c(C)c1. The molecule has 0 saturated carbocycles. The lowest BCUT2D eigenvalue weighted by Crippen LogP contribution is -2.24. The lowest BCUT2D eigenvalue weighted by atomic mass is 9.90. The summed E-state index contributed by atoms with van der Waals surface area (Å²) in [6, 6.07) is 5.46. The van der Waals surface area contributed by atoms with Crippen LogP contribution < -0.4 is 5.73 Å². The van der Waals surface area contributed by atoms with Gasteiger partial charge >= 0.3 is 5.97 Å². The molecule has 0 unspecified atom stereocenters. The molecular weight excluding hydrogens is 278 g/mol. The topological polar surface area (TPSA) is 63.3 Å². The van der Waals surface area contributed by atoms with Crippen LogP contribution in [-0.4, -0.2) is 15.4 Å². The summed E-state index contributed by atoms with van der Waals surface area (Å²) < 4.78 is 0.247. The highest BCUT2D eigenvalue weighted by Gasteiger charge is 2.30. The van der Waals surface area contributed by atoms with Crippen LogP contribution in [0, 0.1) is 6.92 Å². The largest absolute Gasteiger partial charge is 0.478 e. The van der Waals surface area contributed by atoms with Gasteiger partial charge in [0.1, 0.15) is 4.32 Å². The van der Waals surface area contributed by atoms with E-state index in [4.69, 9.17) is 23.1 Å². The van der Waals surface area contributed by atoms with Crippen molar-refractivity contribution in [3.8, 4) is 0 Å². The van der Waals surface area contributed by atoms with Gasteiger partial charge in [0.25, 0.3) is 0 Å². The Morgan fingerprint density at radius 1 is 1.42 bits per heavy atom. The van der Waals surface area contributed by atoms with Crippen molar-refractivity contribution in [2.24, 2.45) is 5.73 Å². The third-order valence-electron chi connectivity index (χ3n) is 3.42. The van der Waals surface area contributed by atoms with Gasteiger partial charge in [-0.15, -0.1) is 0 Å². The first-order chi connectivity index (χ1) is 8.86. The van der Waals surface area contributed by atoms with Crippen molar-refractivity contribution < 1.29 is 9.90 Å². The first-order valence-corrected chi connectivity index (χ1v) is 7.41. The van der Waals surface area contributed by atoms with E-state index in [1.807, 2.05) is 19.1 Å². The lowest BCUT2D eigenvalue weighted by molar-refractivity contribution is 0.0696. The third kappa shape index (κ3) is 3.48. The monoisotopic (exact) mass is 297 g/mol. The van der Waals surface area contributed by atoms with E-state index in [1.165, 1.54) is 11.8 Å². The molecule has 0 aliphatic heterocycles. The predicted molar refractivity (Wildman–Crippen MR) is 84.8 cm³/mol. The molecule has 5 heteroatoms. The fourth-order valence-electron chi connectivity index (χ4n) is 2.24. The molecular formula is C14H19NO2S2. The van der Waals surface area contributed by atoms with Gasteiger partial charge in [0, 0.05) is 4.75 Å². The number of carbonyl (C=O) groups is 1. The zero-order valence-electron chi connectivity index (χ0n) is 11.4. The molecule has 0 amide bonds. The fraction of sp³-hybridized carbons (Fsp3) is 0.429. The maximum absolute atomic E-state index is 11.1. The second-order valence-electron chi connectivity index (χ2n) is 4.46. The van der Waals surface area contributed by atoms with Crippen LogP contribution >= 0.6 is 24.0 Å². The molecule has 0 bridgehead atoms. The van der Waals surface area contributed by atoms with Crippen molar-refractivity contribution in [3.05, 3.63) is 34.9 Å². The Bertz CT molecular complexity index is 496. The van der Waals surface area contributed by atoms with Crippen LogP contribution in [0.5, 0.6) is 0 Å². The quantitative estimate of drug-likeness (QED) is 0.812. The number of hydrogen-bond acceptors (Lipinski definition) is 3. The highest BCUT2D eigenvalue weighted by molar-refractivity contribution is 8.23. The zero-order valence-corrected chi connectivity index (χ0v) is 13.0. The van der Waals surface area contributed by atoms with E-state index in [1.54, 1.807) is 6.07 Å². The lowest BCUT2D eigenvalue weighted by Gasteiger charge is -2.31. The summed E-state index contributed by atoms with van der Waals surface area (Å²) in [6.45, 7) is 6.00. The van der Waals surface area contributed by atoms with Crippen molar-refractivity contribution in [2.75, 3.05) is 0 Å². The number of rotatable bonds is 5. The standard InChI is InChI=1S/C14H19NO2S2/c1-4-14(5-2,19-13(15)18)10-6-7-11(12(16)17)9(3)8-10/h6-8H,4-5H2,1-3H3,(H2,15,18)(H,16,17). The summed E-state index contributed by atoms with van der Waals surface area (Å²) in [7, 11) is 0. The van der Waals surface area contributed by atoms with Gasteiger partial charge in [0.05, 0.1) is 5.56 Å². The van der Waals surface area contributed by atoms with Gasteiger partial charge in [-0.1, -0.05) is 50.0 Å². The Balaban J connectivity index is 3.28. The number of aromatic carboxylic acids is 1. The second kappa shape index (κ2) is 6.39. The van der Waals surface area contributed by atoms with E-state index in [0.29, 0.717) is 9.88 Å². The van der Waals surface area contributed by atoms with E-state index in [9.17, 15) is 4.79 Å². The molecule has 0 saturated heterocycles. The van der Waals surface area contributed by atoms with E-state index in [-0.39, 0.29) is 4.75 Å².